The van der Waals surface area contributed by atoms with E-state index in [0.29, 0.717) is 18.4 Å². The number of benzene rings is 1. The molecule has 1 aliphatic carbocycles. The summed E-state index contributed by atoms with van der Waals surface area (Å²) in [5.41, 5.74) is 2.42. The number of amides is 1. The predicted octanol–water partition coefficient (Wildman–Crippen LogP) is 4.26. The van der Waals surface area contributed by atoms with Crippen LogP contribution in [0.4, 0.5) is 0 Å². The van der Waals surface area contributed by atoms with Crippen molar-refractivity contribution in [1.82, 2.24) is 14.5 Å². The highest BCUT2D eigenvalue weighted by molar-refractivity contribution is 5.76. The molecule has 2 aliphatic rings. The van der Waals surface area contributed by atoms with E-state index in [-0.39, 0.29) is 5.91 Å². The fourth-order valence-corrected chi connectivity index (χ4v) is 4.50. The third-order valence-corrected chi connectivity index (χ3v) is 6.38. The lowest BCUT2D eigenvalue weighted by Gasteiger charge is -2.36. The number of likely N-dealkylation sites (tertiary alicyclic amines) is 1. The lowest BCUT2D eigenvalue weighted by molar-refractivity contribution is -0.132. The Kier molecular flexibility index (Phi) is 5.69. The van der Waals surface area contributed by atoms with Crippen molar-refractivity contribution >= 4 is 5.91 Å². The van der Waals surface area contributed by atoms with Gasteiger partial charge in [0.1, 0.15) is 11.6 Å². The van der Waals surface area contributed by atoms with Crippen molar-refractivity contribution in [3.05, 3.63) is 47.5 Å². The third kappa shape index (κ3) is 3.94. The molecule has 0 bridgehead atoms. The minimum Gasteiger partial charge on any atom is -0.497 e. The SMILES string of the molecule is COc1ccc(CCC(=O)N2CCCC(n3c(C)cnc3C3CCC3)C2)cc1. The Morgan fingerprint density at radius 2 is 1.96 bits per heavy atom. The molecule has 1 aliphatic heterocycles. The van der Waals surface area contributed by atoms with Gasteiger partial charge >= 0.3 is 0 Å². The number of hydrogen-bond donors (Lipinski definition) is 0. The molecule has 1 atom stereocenters. The summed E-state index contributed by atoms with van der Waals surface area (Å²) in [7, 11) is 1.67. The number of imidazole rings is 1. The van der Waals surface area contributed by atoms with E-state index in [1.54, 1.807) is 7.11 Å². The van der Waals surface area contributed by atoms with Gasteiger partial charge in [0.05, 0.1) is 13.2 Å². The number of methoxy groups -OCH3 is 1. The van der Waals surface area contributed by atoms with Crippen LogP contribution in [0.1, 0.15) is 67.6 Å². The van der Waals surface area contributed by atoms with Gasteiger partial charge in [0, 0.05) is 37.3 Å². The van der Waals surface area contributed by atoms with E-state index in [2.05, 4.69) is 16.4 Å². The maximum absolute atomic E-state index is 12.9. The summed E-state index contributed by atoms with van der Waals surface area (Å²) in [6.07, 6.45) is 9.40. The highest BCUT2D eigenvalue weighted by Crippen LogP contribution is 2.38. The first kappa shape index (κ1) is 19.0. The number of ether oxygens (including phenoxy) is 1. The van der Waals surface area contributed by atoms with Crippen LogP contribution in [0.2, 0.25) is 0 Å². The third-order valence-electron chi connectivity index (χ3n) is 6.38. The summed E-state index contributed by atoms with van der Waals surface area (Å²) in [6, 6.07) is 8.38. The molecule has 2 heterocycles. The Bertz CT molecular complexity index is 808. The zero-order valence-corrected chi connectivity index (χ0v) is 17.1. The zero-order valence-electron chi connectivity index (χ0n) is 17.1. The molecule has 1 amide bonds. The number of aromatic nitrogens is 2. The first-order valence-corrected chi connectivity index (χ1v) is 10.6. The van der Waals surface area contributed by atoms with E-state index in [9.17, 15) is 4.79 Å². The van der Waals surface area contributed by atoms with Crippen molar-refractivity contribution in [2.45, 2.75) is 63.8 Å². The molecule has 5 heteroatoms. The molecular weight excluding hydrogens is 350 g/mol. The molecule has 1 unspecified atom stereocenters. The van der Waals surface area contributed by atoms with Gasteiger partial charge in [-0.25, -0.2) is 4.98 Å². The molecule has 4 rings (SSSR count). The van der Waals surface area contributed by atoms with Crippen molar-refractivity contribution in [3.63, 3.8) is 0 Å². The number of rotatable bonds is 6. The summed E-state index contributed by atoms with van der Waals surface area (Å²) in [4.78, 5) is 19.7. The van der Waals surface area contributed by atoms with Crippen LogP contribution >= 0.6 is 0 Å². The van der Waals surface area contributed by atoms with E-state index in [1.807, 2.05) is 30.5 Å². The molecule has 1 saturated heterocycles. The van der Waals surface area contributed by atoms with Gasteiger partial charge in [-0.15, -0.1) is 0 Å². The van der Waals surface area contributed by atoms with E-state index in [1.165, 1.54) is 36.3 Å². The van der Waals surface area contributed by atoms with Crippen LogP contribution in [-0.2, 0) is 11.2 Å². The highest BCUT2D eigenvalue weighted by Gasteiger charge is 2.31. The van der Waals surface area contributed by atoms with Crippen molar-refractivity contribution in [3.8, 4) is 5.75 Å². The highest BCUT2D eigenvalue weighted by atomic mass is 16.5. The van der Waals surface area contributed by atoms with Gasteiger partial charge in [0.25, 0.3) is 0 Å². The Hall–Kier alpha value is -2.30. The van der Waals surface area contributed by atoms with Crippen molar-refractivity contribution in [1.29, 1.82) is 0 Å². The number of aryl methyl sites for hydroxylation is 2. The van der Waals surface area contributed by atoms with Gasteiger partial charge in [0.15, 0.2) is 0 Å². The molecule has 5 nitrogen and oxygen atoms in total. The molecule has 2 aromatic rings. The number of nitrogens with zero attached hydrogens (tertiary/aromatic N) is 3. The van der Waals surface area contributed by atoms with Crippen LogP contribution < -0.4 is 4.74 Å². The summed E-state index contributed by atoms with van der Waals surface area (Å²) in [6.45, 7) is 3.85. The maximum Gasteiger partial charge on any atom is 0.222 e. The lowest BCUT2D eigenvalue weighted by atomic mass is 9.84. The average molecular weight is 382 g/mol. The lowest BCUT2D eigenvalue weighted by Crippen LogP contribution is -2.41. The van der Waals surface area contributed by atoms with Crippen molar-refractivity contribution in [2.24, 2.45) is 0 Å². The van der Waals surface area contributed by atoms with Gasteiger partial charge in [-0.3, -0.25) is 4.79 Å². The Morgan fingerprint density at radius 1 is 1.18 bits per heavy atom. The molecule has 1 saturated carbocycles. The first-order chi connectivity index (χ1) is 13.7. The largest absolute Gasteiger partial charge is 0.497 e. The number of carbonyl (C=O) groups excluding carboxylic acids is 1. The smallest absolute Gasteiger partial charge is 0.222 e. The number of piperidine rings is 1. The summed E-state index contributed by atoms with van der Waals surface area (Å²) >= 11 is 0. The minimum absolute atomic E-state index is 0.267. The molecular formula is C23H31N3O2. The van der Waals surface area contributed by atoms with Gasteiger partial charge < -0.3 is 14.2 Å². The second-order valence-electron chi connectivity index (χ2n) is 8.24. The quantitative estimate of drug-likeness (QED) is 0.751. The molecule has 0 N–H and O–H groups in total. The fraction of sp³-hybridized carbons (Fsp3) is 0.565. The van der Waals surface area contributed by atoms with Crippen molar-refractivity contribution in [2.75, 3.05) is 20.2 Å². The normalized spacial score (nSPS) is 20.1. The molecule has 2 fully saturated rings. The molecule has 1 aromatic carbocycles. The Morgan fingerprint density at radius 3 is 2.64 bits per heavy atom. The topological polar surface area (TPSA) is 47.4 Å². The van der Waals surface area contributed by atoms with E-state index in [0.717, 1.165) is 38.1 Å². The van der Waals surface area contributed by atoms with Crippen LogP contribution in [0.3, 0.4) is 0 Å². The van der Waals surface area contributed by atoms with Gasteiger partial charge in [-0.2, -0.15) is 0 Å². The van der Waals surface area contributed by atoms with E-state index < -0.39 is 0 Å². The monoisotopic (exact) mass is 381 g/mol. The van der Waals surface area contributed by atoms with Gasteiger partial charge in [0.2, 0.25) is 5.91 Å². The van der Waals surface area contributed by atoms with Crippen LogP contribution in [0.15, 0.2) is 30.5 Å². The standard InChI is InChI=1S/C23H31N3O2/c1-17-15-24-23(19-5-3-6-19)26(17)20-7-4-14-25(16-20)22(27)13-10-18-8-11-21(28-2)12-9-18/h8-9,11-12,15,19-20H,3-7,10,13-14,16H2,1-2H3. The van der Waals surface area contributed by atoms with Crippen LogP contribution in [-0.4, -0.2) is 40.6 Å². The average Bonchev–Trinajstić information content (AvgIpc) is 3.06. The second-order valence-corrected chi connectivity index (χ2v) is 8.24. The molecule has 0 spiro atoms. The molecule has 150 valence electrons. The molecule has 0 radical (unpaired) electrons. The number of carbonyl (C=O) groups is 1. The fourth-order valence-electron chi connectivity index (χ4n) is 4.50. The maximum atomic E-state index is 12.9. The summed E-state index contributed by atoms with van der Waals surface area (Å²) in [5.74, 6) is 2.99. The van der Waals surface area contributed by atoms with E-state index >= 15 is 0 Å². The Labute approximate surface area is 167 Å². The minimum atomic E-state index is 0.267. The predicted molar refractivity (Wildman–Crippen MR) is 110 cm³/mol. The zero-order chi connectivity index (χ0) is 19.5. The molecule has 28 heavy (non-hydrogen) atoms. The number of hydrogen-bond acceptors (Lipinski definition) is 3. The van der Waals surface area contributed by atoms with E-state index in [4.69, 9.17) is 9.72 Å². The van der Waals surface area contributed by atoms with Gasteiger partial charge in [-0.1, -0.05) is 18.6 Å². The molecule has 1 aromatic heterocycles. The van der Waals surface area contributed by atoms with Crippen molar-refractivity contribution < 1.29 is 9.53 Å². The van der Waals surface area contributed by atoms with Crippen LogP contribution in [0.5, 0.6) is 5.75 Å². The summed E-state index contributed by atoms with van der Waals surface area (Å²) in [5, 5.41) is 0. The van der Waals surface area contributed by atoms with Crippen LogP contribution in [0.25, 0.3) is 0 Å². The van der Waals surface area contributed by atoms with Gasteiger partial charge in [-0.05, 0) is 56.7 Å². The van der Waals surface area contributed by atoms with Crippen LogP contribution in [0, 0.1) is 6.92 Å². The summed E-state index contributed by atoms with van der Waals surface area (Å²) < 4.78 is 7.64. The second kappa shape index (κ2) is 8.38. The Balaban J connectivity index is 1.38. The first-order valence-electron chi connectivity index (χ1n) is 10.6.